The van der Waals surface area contributed by atoms with Gasteiger partial charge in [0.2, 0.25) is 0 Å². The molecule has 1 heterocycles. The number of aryl methyl sites for hydroxylation is 1. The highest BCUT2D eigenvalue weighted by atomic mass is 16.5. The number of nitrogens with zero attached hydrogens (tertiary/aromatic N) is 2. The number of pyridine rings is 1. The maximum absolute atomic E-state index is 11.9. The molecule has 0 fully saturated rings. The first-order valence-electron chi connectivity index (χ1n) is 8.95. The van der Waals surface area contributed by atoms with E-state index in [1.165, 1.54) is 0 Å². The Bertz CT molecular complexity index is 749. The Kier molecular flexibility index (Phi) is 8.09. The number of rotatable bonds is 8. The summed E-state index contributed by atoms with van der Waals surface area (Å²) < 4.78 is 5.94. The van der Waals surface area contributed by atoms with Crippen molar-refractivity contribution in [2.75, 3.05) is 26.7 Å². The topological polar surface area (TPSA) is 87.6 Å². The summed E-state index contributed by atoms with van der Waals surface area (Å²) in [5.41, 5.74) is 1.65. The van der Waals surface area contributed by atoms with Crippen molar-refractivity contribution in [1.29, 1.82) is 0 Å². The van der Waals surface area contributed by atoms with E-state index in [0.29, 0.717) is 31.2 Å². The fourth-order valence-electron chi connectivity index (χ4n) is 2.36. The van der Waals surface area contributed by atoms with Gasteiger partial charge in [-0.3, -0.25) is 14.8 Å². The van der Waals surface area contributed by atoms with E-state index in [0.717, 1.165) is 11.3 Å². The largest absolute Gasteiger partial charge is 0.489 e. The molecule has 0 saturated carbocycles. The molecule has 0 bridgehead atoms. The molecule has 0 saturated heterocycles. The average molecular weight is 369 g/mol. The van der Waals surface area contributed by atoms with E-state index in [1.54, 1.807) is 31.6 Å². The molecular weight excluding hydrogens is 342 g/mol. The van der Waals surface area contributed by atoms with Crippen LogP contribution >= 0.6 is 0 Å². The SMILES string of the molecule is CN=C(NCCNC(=O)c1cccnc1)NCC(C)Oc1ccccc1C. The van der Waals surface area contributed by atoms with E-state index in [-0.39, 0.29) is 12.0 Å². The van der Waals surface area contributed by atoms with Crippen molar-refractivity contribution in [2.45, 2.75) is 20.0 Å². The van der Waals surface area contributed by atoms with Gasteiger partial charge in [-0.15, -0.1) is 0 Å². The standard InChI is InChI=1S/C20H27N5O2/c1-15-7-4-5-9-18(15)27-16(2)13-25-20(21-3)24-12-11-23-19(26)17-8-6-10-22-14-17/h4-10,14,16H,11-13H2,1-3H3,(H,23,26)(H2,21,24,25). The van der Waals surface area contributed by atoms with Crippen LogP contribution in [0.3, 0.4) is 0 Å². The minimum absolute atomic E-state index is 0.0186. The lowest BCUT2D eigenvalue weighted by Crippen LogP contribution is -2.44. The van der Waals surface area contributed by atoms with Gasteiger partial charge < -0.3 is 20.7 Å². The molecule has 1 atom stereocenters. The Labute approximate surface area is 160 Å². The van der Waals surface area contributed by atoms with Gasteiger partial charge in [0.1, 0.15) is 11.9 Å². The van der Waals surface area contributed by atoms with Gasteiger partial charge in [-0.25, -0.2) is 0 Å². The molecule has 1 unspecified atom stereocenters. The highest BCUT2D eigenvalue weighted by molar-refractivity contribution is 5.93. The molecule has 7 nitrogen and oxygen atoms in total. The Hall–Kier alpha value is -3.09. The number of hydrogen-bond acceptors (Lipinski definition) is 4. The Balaban J connectivity index is 1.67. The van der Waals surface area contributed by atoms with Crippen LogP contribution in [0.4, 0.5) is 0 Å². The minimum Gasteiger partial charge on any atom is -0.489 e. The molecule has 2 aromatic rings. The number of aliphatic imine (C=N–C) groups is 1. The first-order chi connectivity index (χ1) is 13.1. The zero-order chi connectivity index (χ0) is 19.5. The van der Waals surface area contributed by atoms with Crippen molar-refractivity contribution in [2.24, 2.45) is 4.99 Å². The number of amides is 1. The normalized spacial score (nSPS) is 12.2. The molecule has 0 aliphatic rings. The third-order valence-electron chi connectivity index (χ3n) is 3.83. The van der Waals surface area contributed by atoms with E-state index in [1.807, 2.05) is 38.1 Å². The van der Waals surface area contributed by atoms with Crippen molar-refractivity contribution >= 4 is 11.9 Å². The van der Waals surface area contributed by atoms with Crippen LogP contribution in [0, 0.1) is 6.92 Å². The van der Waals surface area contributed by atoms with Crippen LogP contribution in [0.1, 0.15) is 22.8 Å². The number of ether oxygens (including phenoxy) is 1. The number of hydrogen-bond donors (Lipinski definition) is 3. The van der Waals surface area contributed by atoms with Crippen LogP contribution in [0.25, 0.3) is 0 Å². The van der Waals surface area contributed by atoms with Crippen LogP contribution in [0.2, 0.25) is 0 Å². The Morgan fingerprint density at radius 3 is 2.63 bits per heavy atom. The molecule has 0 aliphatic heterocycles. The second-order valence-corrected chi connectivity index (χ2v) is 6.07. The van der Waals surface area contributed by atoms with Gasteiger partial charge in [0, 0.05) is 32.5 Å². The van der Waals surface area contributed by atoms with E-state index >= 15 is 0 Å². The van der Waals surface area contributed by atoms with Gasteiger partial charge in [0.15, 0.2) is 5.96 Å². The highest BCUT2D eigenvalue weighted by Crippen LogP contribution is 2.17. The third kappa shape index (κ3) is 6.97. The summed E-state index contributed by atoms with van der Waals surface area (Å²) in [5.74, 6) is 1.40. The molecule has 0 radical (unpaired) electrons. The number of nitrogens with one attached hydrogen (secondary N) is 3. The molecule has 3 N–H and O–H groups in total. The average Bonchev–Trinajstić information content (AvgIpc) is 2.69. The number of guanidine groups is 1. The van der Waals surface area contributed by atoms with E-state index < -0.39 is 0 Å². The van der Waals surface area contributed by atoms with Crippen molar-refractivity contribution < 1.29 is 9.53 Å². The van der Waals surface area contributed by atoms with Gasteiger partial charge >= 0.3 is 0 Å². The predicted octanol–water partition coefficient (Wildman–Crippen LogP) is 1.75. The lowest BCUT2D eigenvalue weighted by molar-refractivity contribution is 0.0954. The van der Waals surface area contributed by atoms with Gasteiger partial charge in [0.25, 0.3) is 5.91 Å². The molecule has 1 aromatic heterocycles. The van der Waals surface area contributed by atoms with Gasteiger partial charge in [-0.05, 0) is 37.6 Å². The number of aromatic nitrogens is 1. The van der Waals surface area contributed by atoms with Gasteiger partial charge in [0.05, 0.1) is 12.1 Å². The molecule has 2 rings (SSSR count). The quantitative estimate of drug-likeness (QED) is 0.375. The second kappa shape index (κ2) is 10.8. The first-order valence-corrected chi connectivity index (χ1v) is 8.95. The number of carbonyl (C=O) groups excluding carboxylic acids is 1. The lowest BCUT2D eigenvalue weighted by atomic mass is 10.2. The van der Waals surface area contributed by atoms with Crippen molar-refractivity contribution in [3.05, 3.63) is 59.9 Å². The molecule has 0 spiro atoms. The van der Waals surface area contributed by atoms with Crippen LogP contribution in [0.5, 0.6) is 5.75 Å². The van der Waals surface area contributed by atoms with Crippen LogP contribution in [0.15, 0.2) is 53.8 Å². The zero-order valence-electron chi connectivity index (χ0n) is 16.0. The summed E-state index contributed by atoms with van der Waals surface area (Å²) in [5, 5.41) is 9.21. The van der Waals surface area contributed by atoms with Gasteiger partial charge in [-0.2, -0.15) is 0 Å². The lowest BCUT2D eigenvalue weighted by Gasteiger charge is -2.18. The van der Waals surface area contributed by atoms with E-state index in [4.69, 9.17) is 4.74 Å². The minimum atomic E-state index is -0.145. The summed E-state index contributed by atoms with van der Waals surface area (Å²) in [4.78, 5) is 20.0. The number of carbonyl (C=O) groups is 1. The predicted molar refractivity (Wildman–Crippen MR) is 107 cm³/mol. The smallest absolute Gasteiger partial charge is 0.252 e. The summed E-state index contributed by atoms with van der Waals surface area (Å²) in [7, 11) is 1.70. The summed E-state index contributed by atoms with van der Waals surface area (Å²) in [6.45, 7) is 5.66. The molecular formula is C20H27N5O2. The maximum Gasteiger partial charge on any atom is 0.252 e. The summed E-state index contributed by atoms with van der Waals surface area (Å²) in [6, 6.07) is 11.4. The zero-order valence-corrected chi connectivity index (χ0v) is 16.0. The molecule has 7 heteroatoms. The maximum atomic E-state index is 11.9. The summed E-state index contributed by atoms with van der Waals surface area (Å²) >= 11 is 0. The second-order valence-electron chi connectivity index (χ2n) is 6.07. The Morgan fingerprint density at radius 1 is 1.15 bits per heavy atom. The first kappa shape index (κ1) is 20.2. The van der Waals surface area contributed by atoms with E-state index in [9.17, 15) is 4.79 Å². The van der Waals surface area contributed by atoms with Crippen molar-refractivity contribution in [1.82, 2.24) is 20.9 Å². The fourth-order valence-corrected chi connectivity index (χ4v) is 2.36. The van der Waals surface area contributed by atoms with Crippen LogP contribution < -0.4 is 20.7 Å². The number of para-hydroxylation sites is 1. The fraction of sp³-hybridized carbons (Fsp3) is 0.350. The Morgan fingerprint density at radius 2 is 1.93 bits per heavy atom. The van der Waals surface area contributed by atoms with Crippen LogP contribution in [-0.2, 0) is 0 Å². The highest BCUT2D eigenvalue weighted by Gasteiger charge is 2.08. The molecule has 1 aromatic carbocycles. The van der Waals surface area contributed by atoms with E-state index in [2.05, 4.69) is 25.9 Å². The monoisotopic (exact) mass is 369 g/mol. The van der Waals surface area contributed by atoms with Crippen LogP contribution in [-0.4, -0.2) is 49.6 Å². The van der Waals surface area contributed by atoms with Crippen molar-refractivity contribution in [3.8, 4) is 5.75 Å². The van der Waals surface area contributed by atoms with Gasteiger partial charge in [-0.1, -0.05) is 18.2 Å². The third-order valence-corrected chi connectivity index (χ3v) is 3.83. The molecule has 144 valence electrons. The molecule has 1 amide bonds. The van der Waals surface area contributed by atoms with Crippen molar-refractivity contribution in [3.63, 3.8) is 0 Å². The molecule has 0 aliphatic carbocycles. The molecule has 27 heavy (non-hydrogen) atoms. The summed E-state index contributed by atoms with van der Waals surface area (Å²) in [6.07, 6.45) is 3.16. The number of benzene rings is 1.